The van der Waals surface area contributed by atoms with Gasteiger partial charge in [0, 0.05) is 24.6 Å². The van der Waals surface area contributed by atoms with E-state index in [1.54, 1.807) is 11.0 Å². The molecular formula is C14H17NO2. The van der Waals surface area contributed by atoms with Gasteiger partial charge in [0.25, 0.3) is 0 Å². The molecule has 1 amide bonds. The topological polar surface area (TPSA) is 40.5 Å². The number of nitrogens with zero attached hydrogens (tertiary/aromatic N) is 1. The molecule has 1 fully saturated rings. The summed E-state index contributed by atoms with van der Waals surface area (Å²) in [6.45, 7) is 8.17. The number of aryl methyl sites for hydroxylation is 2. The second-order valence-corrected chi connectivity index (χ2v) is 4.63. The number of aromatic hydroxyl groups is 1. The Bertz CT molecular complexity index is 479. The van der Waals surface area contributed by atoms with E-state index in [0.29, 0.717) is 13.0 Å². The number of rotatable bonds is 2. The number of hydrogen-bond acceptors (Lipinski definition) is 2. The second kappa shape index (κ2) is 4.24. The molecule has 1 unspecified atom stereocenters. The summed E-state index contributed by atoms with van der Waals surface area (Å²) in [4.78, 5) is 13.7. The average Bonchev–Trinajstić information content (AvgIpc) is 2.65. The summed E-state index contributed by atoms with van der Waals surface area (Å²) >= 11 is 0. The zero-order chi connectivity index (χ0) is 12.6. The molecule has 1 aliphatic heterocycles. The number of phenolic OH excluding ortho intramolecular Hbond substituents is 1. The van der Waals surface area contributed by atoms with Gasteiger partial charge in [0.2, 0.25) is 5.91 Å². The van der Waals surface area contributed by atoms with Gasteiger partial charge < -0.3 is 10.0 Å². The Morgan fingerprint density at radius 3 is 2.71 bits per heavy atom. The van der Waals surface area contributed by atoms with E-state index in [0.717, 1.165) is 16.8 Å². The molecule has 1 aliphatic rings. The van der Waals surface area contributed by atoms with E-state index in [9.17, 15) is 9.90 Å². The molecule has 1 N–H and O–H groups in total. The second-order valence-electron chi connectivity index (χ2n) is 4.63. The van der Waals surface area contributed by atoms with Crippen molar-refractivity contribution in [2.75, 3.05) is 11.4 Å². The number of anilines is 1. The minimum absolute atomic E-state index is 0.128. The van der Waals surface area contributed by atoms with Gasteiger partial charge in [0.1, 0.15) is 5.75 Å². The molecule has 1 aromatic rings. The van der Waals surface area contributed by atoms with Gasteiger partial charge in [0.15, 0.2) is 0 Å². The molecule has 17 heavy (non-hydrogen) atoms. The Kier molecular flexibility index (Phi) is 2.92. The highest BCUT2D eigenvalue weighted by Crippen LogP contribution is 2.32. The number of carbonyl (C=O) groups is 1. The van der Waals surface area contributed by atoms with Crippen LogP contribution in [0.2, 0.25) is 0 Å². The quantitative estimate of drug-likeness (QED) is 0.795. The Morgan fingerprint density at radius 1 is 1.41 bits per heavy atom. The van der Waals surface area contributed by atoms with Crippen LogP contribution in [-0.2, 0) is 4.79 Å². The largest absolute Gasteiger partial charge is 0.508 e. The van der Waals surface area contributed by atoms with Gasteiger partial charge in [-0.1, -0.05) is 6.08 Å². The normalized spacial score (nSPS) is 19.8. The van der Waals surface area contributed by atoms with Crippen molar-refractivity contribution in [3.05, 3.63) is 35.9 Å². The van der Waals surface area contributed by atoms with Crippen molar-refractivity contribution in [2.24, 2.45) is 5.92 Å². The molecule has 0 aliphatic carbocycles. The average molecular weight is 231 g/mol. The molecule has 0 bridgehead atoms. The van der Waals surface area contributed by atoms with Crippen LogP contribution in [0.5, 0.6) is 5.75 Å². The van der Waals surface area contributed by atoms with Crippen LogP contribution >= 0.6 is 0 Å². The summed E-state index contributed by atoms with van der Waals surface area (Å²) in [6.07, 6.45) is 2.36. The number of hydrogen-bond donors (Lipinski definition) is 1. The number of benzene rings is 1. The van der Waals surface area contributed by atoms with Crippen molar-refractivity contribution < 1.29 is 9.90 Å². The number of amides is 1. The molecule has 1 atom stereocenters. The fourth-order valence-corrected chi connectivity index (χ4v) is 2.20. The lowest BCUT2D eigenvalue weighted by molar-refractivity contribution is -0.117. The Balaban J connectivity index is 2.38. The van der Waals surface area contributed by atoms with Gasteiger partial charge in [-0.3, -0.25) is 4.79 Å². The van der Waals surface area contributed by atoms with Crippen molar-refractivity contribution in [2.45, 2.75) is 20.3 Å². The summed E-state index contributed by atoms with van der Waals surface area (Å²) in [5.74, 6) is 0.636. The van der Waals surface area contributed by atoms with Crippen LogP contribution in [0.4, 0.5) is 5.69 Å². The summed E-state index contributed by atoms with van der Waals surface area (Å²) < 4.78 is 0. The Labute approximate surface area is 101 Å². The van der Waals surface area contributed by atoms with Crippen molar-refractivity contribution >= 4 is 11.6 Å². The first-order valence-electron chi connectivity index (χ1n) is 5.76. The maximum atomic E-state index is 11.9. The van der Waals surface area contributed by atoms with E-state index in [4.69, 9.17) is 0 Å². The third-order valence-corrected chi connectivity index (χ3v) is 3.29. The third-order valence-electron chi connectivity index (χ3n) is 3.29. The van der Waals surface area contributed by atoms with Crippen molar-refractivity contribution in [3.63, 3.8) is 0 Å². The molecule has 1 heterocycles. The summed E-state index contributed by atoms with van der Waals surface area (Å²) in [5.41, 5.74) is 2.61. The van der Waals surface area contributed by atoms with E-state index in [-0.39, 0.29) is 17.6 Å². The monoisotopic (exact) mass is 231 g/mol. The number of carbonyl (C=O) groups excluding carboxylic acids is 1. The lowest BCUT2D eigenvalue weighted by Crippen LogP contribution is -2.25. The van der Waals surface area contributed by atoms with Crippen LogP contribution in [-0.4, -0.2) is 17.6 Å². The predicted octanol–water partition coefficient (Wildman–Crippen LogP) is 2.55. The molecule has 1 aromatic carbocycles. The zero-order valence-corrected chi connectivity index (χ0v) is 10.2. The SMILES string of the molecule is C=CC1CC(=O)N(c2cc(C)c(O)cc2C)C1. The van der Waals surface area contributed by atoms with Crippen LogP contribution in [0, 0.1) is 19.8 Å². The Hall–Kier alpha value is -1.77. The molecule has 0 saturated carbocycles. The van der Waals surface area contributed by atoms with Gasteiger partial charge in [-0.05, 0) is 37.1 Å². The molecule has 3 nitrogen and oxygen atoms in total. The summed E-state index contributed by atoms with van der Waals surface area (Å²) in [6, 6.07) is 3.58. The van der Waals surface area contributed by atoms with Crippen LogP contribution in [0.25, 0.3) is 0 Å². The molecule has 2 rings (SSSR count). The summed E-state index contributed by atoms with van der Waals surface area (Å²) in [7, 11) is 0. The minimum atomic E-state index is 0.128. The highest BCUT2D eigenvalue weighted by atomic mass is 16.3. The highest BCUT2D eigenvalue weighted by molar-refractivity contribution is 5.96. The fourth-order valence-electron chi connectivity index (χ4n) is 2.20. The Morgan fingerprint density at radius 2 is 2.12 bits per heavy atom. The molecule has 3 heteroatoms. The van der Waals surface area contributed by atoms with Gasteiger partial charge >= 0.3 is 0 Å². The van der Waals surface area contributed by atoms with Gasteiger partial charge in [0.05, 0.1) is 0 Å². The highest BCUT2D eigenvalue weighted by Gasteiger charge is 2.29. The zero-order valence-electron chi connectivity index (χ0n) is 10.2. The van der Waals surface area contributed by atoms with Crippen LogP contribution in [0.15, 0.2) is 24.8 Å². The van der Waals surface area contributed by atoms with Crippen molar-refractivity contribution in [1.82, 2.24) is 0 Å². The van der Waals surface area contributed by atoms with E-state index in [1.165, 1.54) is 0 Å². The molecule has 1 saturated heterocycles. The van der Waals surface area contributed by atoms with Crippen molar-refractivity contribution in [1.29, 1.82) is 0 Å². The minimum Gasteiger partial charge on any atom is -0.508 e. The molecule has 0 aromatic heterocycles. The van der Waals surface area contributed by atoms with E-state index in [2.05, 4.69) is 6.58 Å². The van der Waals surface area contributed by atoms with Gasteiger partial charge in [-0.2, -0.15) is 0 Å². The smallest absolute Gasteiger partial charge is 0.227 e. The molecule has 0 radical (unpaired) electrons. The maximum absolute atomic E-state index is 11.9. The first-order valence-corrected chi connectivity index (χ1v) is 5.76. The third kappa shape index (κ3) is 2.05. The van der Waals surface area contributed by atoms with E-state index < -0.39 is 0 Å². The molecule has 90 valence electrons. The van der Waals surface area contributed by atoms with E-state index >= 15 is 0 Å². The summed E-state index contributed by atoms with van der Waals surface area (Å²) in [5, 5.41) is 9.61. The first kappa shape index (κ1) is 11.7. The van der Waals surface area contributed by atoms with Crippen molar-refractivity contribution in [3.8, 4) is 5.75 Å². The molecular weight excluding hydrogens is 214 g/mol. The van der Waals surface area contributed by atoms with Crippen LogP contribution in [0.3, 0.4) is 0 Å². The first-order chi connectivity index (χ1) is 8.02. The van der Waals surface area contributed by atoms with Gasteiger partial charge in [-0.15, -0.1) is 6.58 Å². The van der Waals surface area contributed by atoms with Crippen LogP contribution in [0.1, 0.15) is 17.5 Å². The number of phenols is 1. The van der Waals surface area contributed by atoms with E-state index in [1.807, 2.05) is 26.0 Å². The van der Waals surface area contributed by atoms with Crippen LogP contribution < -0.4 is 4.90 Å². The lowest BCUT2D eigenvalue weighted by Gasteiger charge is -2.20. The standard InChI is InChI=1S/C14H17NO2/c1-4-11-7-14(17)15(8-11)12-5-10(3)13(16)6-9(12)2/h4-6,11,16H,1,7-8H2,2-3H3. The predicted molar refractivity (Wildman–Crippen MR) is 68.2 cm³/mol. The lowest BCUT2D eigenvalue weighted by atomic mass is 10.1. The molecule has 0 spiro atoms. The fraction of sp³-hybridized carbons (Fsp3) is 0.357. The maximum Gasteiger partial charge on any atom is 0.227 e. The van der Waals surface area contributed by atoms with Gasteiger partial charge in [-0.25, -0.2) is 0 Å².